The molecule has 0 spiro atoms. The van der Waals surface area contributed by atoms with Gasteiger partial charge >= 0.3 is 6.09 Å². The Bertz CT molecular complexity index is 1130. The Hall–Kier alpha value is -2.48. The first-order chi connectivity index (χ1) is 15.2. The molecule has 1 fully saturated rings. The minimum atomic E-state index is -0.577. The number of anilines is 1. The number of pyridine rings is 1. The van der Waals surface area contributed by atoms with Gasteiger partial charge in [0.25, 0.3) is 0 Å². The molecule has 3 aromatic rings. The maximum atomic E-state index is 12.2. The minimum Gasteiger partial charge on any atom is -0.444 e. The summed E-state index contributed by atoms with van der Waals surface area (Å²) in [5, 5.41) is 3.93. The van der Waals surface area contributed by atoms with E-state index in [1.165, 1.54) is 0 Å². The molecule has 2 aromatic heterocycles. The predicted octanol–water partition coefficient (Wildman–Crippen LogP) is 5.17. The molecule has 0 unspecified atom stereocenters. The highest BCUT2D eigenvalue weighted by molar-refractivity contribution is 6.36. The maximum Gasteiger partial charge on any atom is 0.407 e. The molecule has 1 N–H and O–H groups in total. The molecule has 4 rings (SSSR count). The van der Waals surface area contributed by atoms with Gasteiger partial charge in [-0.3, -0.25) is 4.40 Å². The van der Waals surface area contributed by atoms with Crippen molar-refractivity contribution in [3.63, 3.8) is 0 Å². The SMILES string of the molecule is CC(C)(C)OC(=O)NCc1cc2ncc(N3CCOCC3)n2cc1-c1ccc(Cl)cc1Cl. The van der Waals surface area contributed by atoms with Crippen molar-refractivity contribution in [2.24, 2.45) is 0 Å². The Kier molecular flexibility index (Phi) is 6.51. The lowest BCUT2D eigenvalue weighted by atomic mass is 10.0. The number of amides is 1. The molecule has 0 atom stereocenters. The number of imidazole rings is 1. The fraction of sp³-hybridized carbons (Fsp3) is 0.391. The van der Waals surface area contributed by atoms with Crippen molar-refractivity contribution in [2.75, 3.05) is 31.2 Å². The summed E-state index contributed by atoms with van der Waals surface area (Å²) in [6.07, 6.45) is 3.38. The second kappa shape index (κ2) is 9.17. The van der Waals surface area contributed by atoms with E-state index in [4.69, 9.17) is 32.7 Å². The summed E-state index contributed by atoms with van der Waals surface area (Å²) >= 11 is 12.7. The van der Waals surface area contributed by atoms with Crippen LogP contribution < -0.4 is 10.2 Å². The number of nitrogens with one attached hydrogen (secondary N) is 1. The van der Waals surface area contributed by atoms with Crippen molar-refractivity contribution in [3.8, 4) is 11.1 Å². The van der Waals surface area contributed by atoms with Crippen LogP contribution in [0, 0.1) is 0 Å². The largest absolute Gasteiger partial charge is 0.444 e. The number of alkyl carbamates (subject to hydrolysis) is 1. The van der Waals surface area contributed by atoms with Gasteiger partial charge in [0, 0.05) is 47.0 Å². The molecule has 0 saturated carbocycles. The Morgan fingerprint density at radius 1 is 1.19 bits per heavy atom. The predicted molar refractivity (Wildman–Crippen MR) is 127 cm³/mol. The molecule has 1 amide bonds. The Labute approximate surface area is 197 Å². The molecule has 1 aliphatic rings. The molecule has 0 bridgehead atoms. The molecule has 0 aliphatic carbocycles. The van der Waals surface area contributed by atoms with Crippen LogP contribution in [0.4, 0.5) is 10.6 Å². The first kappa shape index (κ1) is 22.7. The van der Waals surface area contributed by atoms with Crippen LogP contribution in [0.3, 0.4) is 0 Å². The number of ether oxygens (including phenoxy) is 2. The van der Waals surface area contributed by atoms with Crippen molar-refractivity contribution in [1.82, 2.24) is 14.7 Å². The van der Waals surface area contributed by atoms with Crippen LogP contribution in [0.25, 0.3) is 16.8 Å². The summed E-state index contributed by atoms with van der Waals surface area (Å²) in [5.74, 6) is 0.987. The first-order valence-corrected chi connectivity index (χ1v) is 11.2. The third-order valence-electron chi connectivity index (χ3n) is 5.09. The average molecular weight is 477 g/mol. The lowest BCUT2D eigenvalue weighted by Crippen LogP contribution is -2.36. The van der Waals surface area contributed by atoms with Gasteiger partial charge in [0.05, 0.1) is 19.4 Å². The van der Waals surface area contributed by atoms with Crippen LogP contribution in [0.1, 0.15) is 26.3 Å². The molecule has 7 nitrogen and oxygen atoms in total. The first-order valence-electron chi connectivity index (χ1n) is 10.5. The number of carbonyl (C=O) groups excluding carboxylic acids is 1. The second-order valence-corrected chi connectivity index (χ2v) is 9.48. The van der Waals surface area contributed by atoms with Gasteiger partial charge in [-0.25, -0.2) is 9.78 Å². The highest BCUT2D eigenvalue weighted by Crippen LogP contribution is 2.34. The lowest BCUT2D eigenvalue weighted by molar-refractivity contribution is 0.0523. The van der Waals surface area contributed by atoms with Gasteiger partial charge in [0.15, 0.2) is 0 Å². The number of hydrogen-bond acceptors (Lipinski definition) is 5. The summed E-state index contributed by atoms with van der Waals surface area (Å²) < 4.78 is 12.9. The van der Waals surface area contributed by atoms with Gasteiger partial charge in [-0.15, -0.1) is 0 Å². The number of nitrogens with zero attached hydrogens (tertiary/aromatic N) is 3. The Morgan fingerprint density at radius 2 is 1.94 bits per heavy atom. The highest BCUT2D eigenvalue weighted by Gasteiger charge is 2.20. The van der Waals surface area contributed by atoms with Gasteiger partial charge in [-0.1, -0.05) is 29.3 Å². The van der Waals surface area contributed by atoms with Crippen LogP contribution in [0.15, 0.2) is 36.7 Å². The number of hydrogen-bond donors (Lipinski definition) is 1. The van der Waals surface area contributed by atoms with E-state index in [9.17, 15) is 4.79 Å². The van der Waals surface area contributed by atoms with Gasteiger partial charge in [0.1, 0.15) is 17.1 Å². The molecule has 1 saturated heterocycles. The van der Waals surface area contributed by atoms with Crippen LogP contribution in [-0.4, -0.2) is 47.4 Å². The van der Waals surface area contributed by atoms with Gasteiger partial charge in [-0.05, 0) is 44.5 Å². The second-order valence-electron chi connectivity index (χ2n) is 8.64. The summed E-state index contributed by atoms with van der Waals surface area (Å²) in [6.45, 7) is 8.71. The molecule has 0 radical (unpaired) electrons. The van der Waals surface area contributed by atoms with E-state index in [-0.39, 0.29) is 6.54 Å². The normalized spacial score (nSPS) is 14.6. The van der Waals surface area contributed by atoms with E-state index in [2.05, 4.69) is 15.2 Å². The number of morpholine rings is 1. The number of aromatic nitrogens is 2. The molecule has 1 aliphatic heterocycles. The van der Waals surface area contributed by atoms with E-state index >= 15 is 0 Å². The molecule has 1 aromatic carbocycles. The zero-order valence-electron chi connectivity index (χ0n) is 18.3. The molecular formula is C23H26Cl2N4O3. The number of fused-ring (bicyclic) bond motifs is 1. The molecular weight excluding hydrogens is 451 g/mol. The summed E-state index contributed by atoms with van der Waals surface area (Å²) in [6, 6.07) is 7.36. The summed E-state index contributed by atoms with van der Waals surface area (Å²) in [5.41, 5.74) is 2.77. The fourth-order valence-corrected chi connectivity index (χ4v) is 4.17. The highest BCUT2D eigenvalue weighted by atomic mass is 35.5. The van der Waals surface area contributed by atoms with Crippen molar-refractivity contribution in [3.05, 3.63) is 52.3 Å². The molecule has 9 heteroatoms. The minimum absolute atomic E-state index is 0.263. The van der Waals surface area contributed by atoms with Gasteiger partial charge in [0.2, 0.25) is 0 Å². The van der Waals surface area contributed by atoms with Gasteiger partial charge in [-0.2, -0.15) is 0 Å². The standard InChI is InChI=1S/C23H26Cl2N4O3/c1-23(2,3)32-22(30)27-12-15-10-20-26-13-21(28-6-8-31-9-7-28)29(20)14-18(15)17-5-4-16(24)11-19(17)25/h4-5,10-11,13-14H,6-9,12H2,1-3H3,(H,27,30). The van der Waals surface area contributed by atoms with Crippen molar-refractivity contribution in [1.29, 1.82) is 0 Å². The zero-order valence-corrected chi connectivity index (χ0v) is 19.8. The summed E-state index contributed by atoms with van der Waals surface area (Å²) in [7, 11) is 0. The van der Waals surface area contributed by atoms with Crippen LogP contribution in [-0.2, 0) is 16.0 Å². The smallest absolute Gasteiger partial charge is 0.407 e. The monoisotopic (exact) mass is 476 g/mol. The van der Waals surface area contributed by atoms with Crippen LogP contribution in [0.5, 0.6) is 0 Å². The number of rotatable bonds is 4. The molecule has 32 heavy (non-hydrogen) atoms. The maximum absolute atomic E-state index is 12.2. The molecule has 170 valence electrons. The third-order valence-corrected chi connectivity index (χ3v) is 5.64. The number of halogens is 2. The zero-order chi connectivity index (χ0) is 22.9. The fourth-order valence-electron chi connectivity index (χ4n) is 3.66. The quantitative estimate of drug-likeness (QED) is 0.562. The lowest BCUT2D eigenvalue weighted by Gasteiger charge is -2.28. The van der Waals surface area contributed by atoms with E-state index < -0.39 is 11.7 Å². The number of benzene rings is 1. The number of carbonyl (C=O) groups is 1. The van der Waals surface area contributed by atoms with Crippen LogP contribution in [0.2, 0.25) is 10.0 Å². The Morgan fingerprint density at radius 3 is 2.62 bits per heavy atom. The van der Waals surface area contributed by atoms with E-state index in [0.29, 0.717) is 23.3 Å². The Balaban J connectivity index is 1.74. The van der Waals surface area contributed by atoms with Crippen molar-refractivity contribution in [2.45, 2.75) is 32.9 Å². The van der Waals surface area contributed by atoms with E-state index in [0.717, 1.165) is 41.2 Å². The van der Waals surface area contributed by atoms with Crippen LogP contribution >= 0.6 is 23.2 Å². The van der Waals surface area contributed by atoms with Gasteiger partial charge < -0.3 is 19.7 Å². The van der Waals surface area contributed by atoms with Crippen molar-refractivity contribution >= 4 is 40.8 Å². The van der Waals surface area contributed by atoms with Crippen molar-refractivity contribution < 1.29 is 14.3 Å². The third kappa shape index (κ3) is 5.11. The van der Waals surface area contributed by atoms with E-state index in [1.807, 2.05) is 49.7 Å². The average Bonchev–Trinajstić information content (AvgIpc) is 3.14. The van der Waals surface area contributed by atoms with E-state index in [1.54, 1.807) is 12.1 Å². The summed E-state index contributed by atoms with van der Waals surface area (Å²) in [4.78, 5) is 19.1. The topological polar surface area (TPSA) is 68.1 Å². The molecule has 3 heterocycles.